The van der Waals surface area contributed by atoms with E-state index in [1.54, 1.807) is 13.8 Å². The summed E-state index contributed by atoms with van der Waals surface area (Å²) in [5.41, 5.74) is 7.52. The summed E-state index contributed by atoms with van der Waals surface area (Å²) in [6.45, 7) is 7.16. The Labute approximate surface area is 94.8 Å². The number of hydrogen-bond donors (Lipinski definition) is 1. The molecule has 0 aromatic carbocycles. The summed E-state index contributed by atoms with van der Waals surface area (Å²) in [7, 11) is 0. The van der Waals surface area contributed by atoms with E-state index in [0.29, 0.717) is 23.2 Å². The summed E-state index contributed by atoms with van der Waals surface area (Å²) in [6.07, 6.45) is 2.06. The lowest BCUT2D eigenvalue weighted by molar-refractivity contribution is -0.386. The minimum atomic E-state index is -0.416. The molecule has 0 saturated carbocycles. The summed E-state index contributed by atoms with van der Waals surface area (Å²) in [4.78, 5) is 14.8. The molecule has 0 bridgehead atoms. The highest BCUT2D eigenvalue weighted by Gasteiger charge is 2.22. The lowest BCUT2D eigenvalue weighted by Crippen LogP contribution is -2.35. The zero-order valence-electron chi connectivity index (χ0n) is 10.1. The molecule has 0 aliphatic heterocycles. The number of pyridine rings is 1. The van der Waals surface area contributed by atoms with Gasteiger partial charge in [-0.2, -0.15) is 0 Å². The fourth-order valence-corrected chi connectivity index (χ4v) is 1.66. The van der Waals surface area contributed by atoms with E-state index in [4.69, 9.17) is 5.73 Å². The third-order valence-corrected chi connectivity index (χ3v) is 2.38. The Bertz CT molecular complexity index is 422. The van der Waals surface area contributed by atoms with Crippen molar-refractivity contribution in [1.82, 2.24) is 4.98 Å². The Morgan fingerprint density at radius 2 is 2.06 bits per heavy atom. The van der Waals surface area contributed by atoms with Gasteiger partial charge in [0.1, 0.15) is 0 Å². The summed E-state index contributed by atoms with van der Waals surface area (Å²) >= 11 is 0. The van der Waals surface area contributed by atoms with Gasteiger partial charge in [0.05, 0.1) is 10.6 Å². The maximum atomic E-state index is 10.9. The van der Waals surface area contributed by atoms with Crippen molar-refractivity contribution in [3.63, 3.8) is 0 Å². The van der Waals surface area contributed by atoms with Crippen LogP contribution in [-0.4, -0.2) is 15.4 Å². The van der Waals surface area contributed by atoms with Gasteiger partial charge in [0.15, 0.2) is 0 Å². The van der Waals surface area contributed by atoms with E-state index in [1.165, 1.54) is 6.20 Å². The van der Waals surface area contributed by atoms with Crippen molar-refractivity contribution < 1.29 is 4.92 Å². The van der Waals surface area contributed by atoms with Crippen LogP contribution in [-0.2, 0) is 6.42 Å². The van der Waals surface area contributed by atoms with Crippen molar-refractivity contribution >= 4 is 5.69 Å². The molecule has 1 aromatic rings. The molecule has 0 aliphatic carbocycles. The van der Waals surface area contributed by atoms with Crippen LogP contribution in [0.4, 0.5) is 5.69 Å². The number of aromatic nitrogens is 1. The number of nitrogens with zero attached hydrogens (tertiary/aromatic N) is 2. The Kier molecular flexibility index (Phi) is 3.28. The van der Waals surface area contributed by atoms with Crippen molar-refractivity contribution in [2.24, 2.45) is 5.73 Å². The molecule has 1 heterocycles. The highest BCUT2D eigenvalue weighted by molar-refractivity contribution is 5.47. The zero-order chi connectivity index (χ0) is 12.5. The molecule has 5 heteroatoms. The second-order valence-corrected chi connectivity index (χ2v) is 4.78. The number of hydrogen-bond acceptors (Lipinski definition) is 4. The maximum Gasteiger partial charge on any atom is 0.278 e. The quantitative estimate of drug-likeness (QED) is 0.626. The first kappa shape index (κ1) is 12.6. The van der Waals surface area contributed by atoms with E-state index in [2.05, 4.69) is 4.98 Å². The predicted molar refractivity (Wildman–Crippen MR) is 62.3 cm³/mol. The minimum absolute atomic E-state index is 0.147. The molecule has 2 N–H and O–H groups in total. The largest absolute Gasteiger partial charge is 0.325 e. The second-order valence-electron chi connectivity index (χ2n) is 4.78. The Balaban J connectivity index is 3.24. The fourth-order valence-electron chi connectivity index (χ4n) is 1.66. The summed E-state index contributed by atoms with van der Waals surface area (Å²) < 4.78 is 0. The van der Waals surface area contributed by atoms with E-state index in [0.717, 1.165) is 0 Å². The minimum Gasteiger partial charge on any atom is -0.325 e. The molecule has 0 saturated heterocycles. The smallest absolute Gasteiger partial charge is 0.278 e. The second kappa shape index (κ2) is 4.17. The average Bonchev–Trinajstić information content (AvgIpc) is 2.07. The van der Waals surface area contributed by atoms with Crippen LogP contribution in [0.1, 0.15) is 30.7 Å². The normalized spacial score (nSPS) is 11.6. The molecule has 0 spiro atoms. The van der Waals surface area contributed by atoms with Gasteiger partial charge in [-0.05, 0) is 27.7 Å². The molecule has 0 amide bonds. The fraction of sp³-hybridized carbons (Fsp3) is 0.545. The molecular formula is C11H17N3O2. The molecule has 0 aliphatic rings. The molecule has 1 aromatic heterocycles. The lowest BCUT2D eigenvalue weighted by Gasteiger charge is -2.19. The average molecular weight is 223 g/mol. The van der Waals surface area contributed by atoms with Gasteiger partial charge in [0.2, 0.25) is 0 Å². The van der Waals surface area contributed by atoms with Crippen LogP contribution in [0.5, 0.6) is 0 Å². The molecule has 0 fully saturated rings. The summed E-state index contributed by atoms with van der Waals surface area (Å²) in [6, 6.07) is 0. The van der Waals surface area contributed by atoms with E-state index < -0.39 is 5.54 Å². The van der Waals surface area contributed by atoms with Crippen molar-refractivity contribution in [2.75, 3.05) is 0 Å². The van der Waals surface area contributed by atoms with Crippen LogP contribution in [0, 0.1) is 24.0 Å². The molecule has 0 unspecified atom stereocenters. The third kappa shape index (κ3) is 2.76. The molecule has 0 radical (unpaired) electrons. The number of rotatable bonds is 3. The third-order valence-electron chi connectivity index (χ3n) is 2.38. The highest BCUT2D eigenvalue weighted by atomic mass is 16.6. The Morgan fingerprint density at radius 1 is 1.50 bits per heavy atom. The first-order chi connectivity index (χ1) is 7.22. The first-order valence-electron chi connectivity index (χ1n) is 5.11. The monoisotopic (exact) mass is 223 g/mol. The molecule has 5 nitrogen and oxygen atoms in total. The number of aryl methyl sites for hydroxylation is 1. The van der Waals surface area contributed by atoms with Gasteiger partial charge in [-0.25, -0.2) is 0 Å². The van der Waals surface area contributed by atoms with Crippen LogP contribution in [0.3, 0.4) is 0 Å². The van der Waals surface area contributed by atoms with Gasteiger partial charge >= 0.3 is 0 Å². The van der Waals surface area contributed by atoms with E-state index in [9.17, 15) is 10.1 Å². The number of nitrogens with two attached hydrogens (primary N) is 1. The van der Waals surface area contributed by atoms with Gasteiger partial charge in [0, 0.05) is 29.3 Å². The zero-order valence-corrected chi connectivity index (χ0v) is 10.1. The molecule has 1 rings (SSSR count). The SMILES string of the molecule is Cc1cnc(CC(C)(C)N)c(C)c1[N+](=O)[O-]. The summed E-state index contributed by atoms with van der Waals surface area (Å²) in [5, 5.41) is 10.9. The number of nitro groups is 1. The standard InChI is InChI=1S/C11H17N3O2/c1-7-6-13-9(5-11(3,4)12)8(2)10(7)14(15)16/h6H,5,12H2,1-4H3. The van der Waals surface area contributed by atoms with Gasteiger partial charge in [0.25, 0.3) is 5.69 Å². The molecule has 16 heavy (non-hydrogen) atoms. The van der Waals surface area contributed by atoms with Crippen LogP contribution < -0.4 is 5.73 Å². The van der Waals surface area contributed by atoms with Crippen molar-refractivity contribution in [3.05, 3.63) is 33.1 Å². The molecule has 0 atom stereocenters. The van der Waals surface area contributed by atoms with Crippen LogP contribution >= 0.6 is 0 Å². The van der Waals surface area contributed by atoms with Crippen molar-refractivity contribution in [1.29, 1.82) is 0 Å². The maximum absolute atomic E-state index is 10.9. The Morgan fingerprint density at radius 3 is 2.50 bits per heavy atom. The molecular weight excluding hydrogens is 206 g/mol. The van der Waals surface area contributed by atoms with E-state index >= 15 is 0 Å². The van der Waals surface area contributed by atoms with Gasteiger partial charge in [-0.15, -0.1) is 0 Å². The van der Waals surface area contributed by atoms with Gasteiger partial charge < -0.3 is 5.73 Å². The van der Waals surface area contributed by atoms with Crippen LogP contribution in [0.15, 0.2) is 6.20 Å². The van der Waals surface area contributed by atoms with Crippen molar-refractivity contribution in [3.8, 4) is 0 Å². The van der Waals surface area contributed by atoms with E-state index in [1.807, 2.05) is 13.8 Å². The van der Waals surface area contributed by atoms with Gasteiger partial charge in [-0.1, -0.05) is 0 Å². The van der Waals surface area contributed by atoms with Gasteiger partial charge in [-0.3, -0.25) is 15.1 Å². The van der Waals surface area contributed by atoms with Crippen LogP contribution in [0.2, 0.25) is 0 Å². The van der Waals surface area contributed by atoms with E-state index in [-0.39, 0.29) is 10.6 Å². The predicted octanol–water partition coefficient (Wildman–Crippen LogP) is 1.89. The Hall–Kier alpha value is -1.49. The lowest BCUT2D eigenvalue weighted by atomic mass is 9.96. The summed E-state index contributed by atoms with van der Waals surface area (Å²) in [5.74, 6) is 0. The highest BCUT2D eigenvalue weighted by Crippen LogP contribution is 2.25. The molecule has 88 valence electrons. The van der Waals surface area contributed by atoms with Crippen molar-refractivity contribution in [2.45, 2.75) is 39.7 Å². The first-order valence-corrected chi connectivity index (χ1v) is 5.11. The topological polar surface area (TPSA) is 82.0 Å². The van der Waals surface area contributed by atoms with Crippen LogP contribution in [0.25, 0.3) is 0 Å².